The lowest BCUT2D eigenvalue weighted by molar-refractivity contribution is 0.557. The molecular formula is C17H19N9O4S3. The number of aromatic amines is 1. The highest BCUT2D eigenvalue weighted by Crippen LogP contribution is 2.41. The van der Waals surface area contributed by atoms with Gasteiger partial charge < -0.3 is 11.5 Å². The van der Waals surface area contributed by atoms with Gasteiger partial charge in [-0.05, 0) is 29.8 Å². The summed E-state index contributed by atoms with van der Waals surface area (Å²) in [5.74, 6) is -0.168. The predicted molar refractivity (Wildman–Crippen MR) is 123 cm³/mol. The third-order valence-corrected chi connectivity index (χ3v) is 8.30. The van der Waals surface area contributed by atoms with E-state index in [1.54, 1.807) is 18.2 Å². The Morgan fingerprint density at radius 3 is 2.55 bits per heavy atom. The Morgan fingerprint density at radius 2 is 1.91 bits per heavy atom. The second-order valence-corrected chi connectivity index (χ2v) is 11.3. The number of fused-ring (bicyclic) bond motifs is 1. The first-order valence-electron chi connectivity index (χ1n) is 9.34. The van der Waals surface area contributed by atoms with Crippen LogP contribution in [0.4, 0.5) is 5.13 Å². The number of H-pyrrole nitrogens is 1. The van der Waals surface area contributed by atoms with Gasteiger partial charge in [0.15, 0.2) is 5.13 Å². The Balaban J connectivity index is 2.13. The average Bonchev–Trinajstić information content (AvgIpc) is 3.40. The van der Waals surface area contributed by atoms with Crippen LogP contribution < -0.4 is 21.3 Å². The maximum absolute atomic E-state index is 13.1. The van der Waals surface area contributed by atoms with Crippen molar-refractivity contribution in [2.24, 2.45) is 10.9 Å². The summed E-state index contributed by atoms with van der Waals surface area (Å²) in [7, 11) is -8.95. The molecule has 2 aromatic heterocycles. The van der Waals surface area contributed by atoms with Gasteiger partial charge in [-0.1, -0.05) is 29.5 Å². The molecule has 4 aromatic rings. The van der Waals surface area contributed by atoms with Crippen molar-refractivity contribution in [2.45, 2.75) is 22.8 Å². The Bertz CT molecular complexity index is 1550. The van der Waals surface area contributed by atoms with Crippen molar-refractivity contribution in [1.82, 2.24) is 30.3 Å². The van der Waals surface area contributed by atoms with E-state index in [0.717, 1.165) is 10.8 Å². The van der Waals surface area contributed by atoms with E-state index in [2.05, 4.69) is 30.3 Å². The fraction of sp³-hybridized carbons (Fsp3) is 0.176. The number of benzene rings is 2. The third-order valence-electron chi connectivity index (χ3n) is 4.70. The Labute approximate surface area is 192 Å². The highest BCUT2D eigenvalue weighted by Gasteiger charge is 2.33. The number of sulfonamides is 2. The van der Waals surface area contributed by atoms with Crippen LogP contribution in [0.3, 0.4) is 0 Å². The molecule has 1 atom stereocenters. The number of aromatic nitrogens is 5. The van der Waals surface area contributed by atoms with E-state index in [-0.39, 0.29) is 23.5 Å². The number of nitrogens with two attached hydrogens (primary N) is 3. The van der Waals surface area contributed by atoms with Crippen molar-refractivity contribution in [3.05, 3.63) is 30.3 Å². The average molecular weight is 510 g/mol. The lowest BCUT2D eigenvalue weighted by Crippen LogP contribution is -2.38. The van der Waals surface area contributed by atoms with E-state index >= 15 is 0 Å². The van der Waals surface area contributed by atoms with Crippen LogP contribution in [0.2, 0.25) is 0 Å². The first-order chi connectivity index (χ1) is 15.5. The molecule has 0 aliphatic rings. The predicted octanol–water partition coefficient (Wildman–Crippen LogP) is -0.00150. The molecule has 8 N–H and O–H groups in total. The molecule has 0 unspecified atom stereocenters. The van der Waals surface area contributed by atoms with Gasteiger partial charge in [-0.3, -0.25) is 0 Å². The molecule has 0 aliphatic carbocycles. The van der Waals surface area contributed by atoms with E-state index in [1.165, 1.54) is 24.3 Å². The normalized spacial score (nSPS) is 13.4. The van der Waals surface area contributed by atoms with Crippen molar-refractivity contribution in [2.75, 3.05) is 12.3 Å². The summed E-state index contributed by atoms with van der Waals surface area (Å²) in [6.07, 6.45) is 0. The van der Waals surface area contributed by atoms with Crippen LogP contribution >= 0.6 is 11.3 Å². The molecule has 33 heavy (non-hydrogen) atoms. The molecule has 16 heteroatoms. The maximum atomic E-state index is 13.1. The summed E-state index contributed by atoms with van der Waals surface area (Å²) in [6.45, 7) is 1.53. The zero-order valence-corrected chi connectivity index (χ0v) is 19.5. The first-order valence-corrected chi connectivity index (χ1v) is 13.2. The van der Waals surface area contributed by atoms with Crippen LogP contribution in [-0.2, 0) is 20.0 Å². The largest absolute Gasteiger partial charge is 0.375 e. The minimum atomic E-state index is -4.61. The molecule has 0 saturated heterocycles. The van der Waals surface area contributed by atoms with E-state index in [4.69, 9.17) is 16.6 Å². The van der Waals surface area contributed by atoms with Gasteiger partial charge in [0.25, 0.3) is 0 Å². The number of nitrogens with zero attached hydrogens (tertiary/aromatic N) is 4. The fourth-order valence-corrected chi connectivity index (χ4v) is 6.95. The van der Waals surface area contributed by atoms with Crippen LogP contribution in [0, 0.1) is 0 Å². The van der Waals surface area contributed by atoms with E-state index in [1.807, 2.05) is 0 Å². The number of para-hydroxylation sites is 1. The van der Waals surface area contributed by atoms with Crippen LogP contribution in [0.15, 0.2) is 40.1 Å². The molecule has 0 radical (unpaired) electrons. The lowest BCUT2D eigenvalue weighted by Gasteiger charge is -2.18. The first kappa shape index (κ1) is 23.1. The molecule has 0 amide bonds. The Morgan fingerprint density at radius 1 is 1.15 bits per heavy atom. The molecule has 0 spiro atoms. The minimum Gasteiger partial charge on any atom is -0.375 e. The molecule has 4 rings (SSSR count). The number of thiazole rings is 1. The SMILES string of the molecule is C[C@@H](CN)NS(=O)(=O)c1ccc(-c2cccc3sc(N)nc23)c(-c2nn[nH]n2)c1S(N)(=O)=O. The maximum Gasteiger partial charge on any atom is 0.242 e. The monoisotopic (exact) mass is 509 g/mol. The fourth-order valence-electron chi connectivity index (χ4n) is 3.33. The minimum absolute atomic E-state index is 0.00698. The zero-order valence-electron chi connectivity index (χ0n) is 17.0. The number of nitrogens with one attached hydrogen (secondary N) is 2. The Kier molecular flexibility index (Phi) is 5.89. The van der Waals surface area contributed by atoms with Crippen LogP contribution in [0.25, 0.3) is 32.7 Å². The number of hydrogen-bond acceptors (Lipinski definition) is 11. The van der Waals surface area contributed by atoms with Crippen LogP contribution in [0.5, 0.6) is 0 Å². The molecule has 2 aromatic carbocycles. The number of rotatable bonds is 7. The number of anilines is 1. The molecule has 174 valence electrons. The number of nitrogen functional groups attached to an aromatic ring is 1. The summed E-state index contributed by atoms with van der Waals surface area (Å²) in [5, 5.41) is 19.3. The molecular weight excluding hydrogens is 490 g/mol. The molecule has 0 saturated carbocycles. The molecule has 0 bridgehead atoms. The second-order valence-electron chi connectivity index (χ2n) is 7.06. The summed E-state index contributed by atoms with van der Waals surface area (Å²) in [6, 6.07) is 7.16. The van der Waals surface area contributed by atoms with Gasteiger partial charge in [0.1, 0.15) is 9.79 Å². The smallest absolute Gasteiger partial charge is 0.242 e. The van der Waals surface area contributed by atoms with Crippen LogP contribution in [-0.4, -0.2) is 55.0 Å². The van der Waals surface area contributed by atoms with Gasteiger partial charge in [0.05, 0.1) is 15.8 Å². The Hall–Kier alpha value is -3.02. The summed E-state index contributed by atoms with van der Waals surface area (Å²) >= 11 is 1.25. The molecule has 2 heterocycles. The third kappa shape index (κ3) is 4.31. The molecule has 13 nitrogen and oxygen atoms in total. The number of primary sulfonamides is 1. The van der Waals surface area contributed by atoms with Gasteiger partial charge in [-0.2, -0.15) is 5.21 Å². The van der Waals surface area contributed by atoms with Crippen molar-refractivity contribution >= 4 is 46.7 Å². The van der Waals surface area contributed by atoms with E-state index in [0.29, 0.717) is 16.2 Å². The molecule has 0 aliphatic heterocycles. The van der Waals surface area contributed by atoms with Gasteiger partial charge in [-0.15, -0.1) is 10.2 Å². The van der Waals surface area contributed by atoms with Gasteiger partial charge in [-0.25, -0.2) is 31.7 Å². The van der Waals surface area contributed by atoms with Gasteiger partial charge in [0, 0.05) is 18.2 Å². The van der Waals surface area contributed by atoms with Crippen molar-refractivity contribution in [3.8, 4) is 22.5 Å². The quantitative estimate of drug-likeness (QED) is 0.224. The summed E-state index contributed by atoms with van der Waals surface area (Å²) in [5.41, 5.74) is 12.5. The van der Waals surface area contributed by atoms with Gasteiger partial charge in [0.2, 0.25) is 25.9 Å². The number of hydrogen-bond donors (Lipinski definition) is 5. The van der Waals surface area contributed by atoms with Crippen LogP contribution in [0.1, 0.15) is 6.92 Å². The second kappa shape index (κ2) is 8.40. The summed E-state index contributed by atoms with van der Waals surface area (Å²) < 4.78 is 54.8. The van der Waals surface area contributed by atoms with Crippen molar-refractivity contribution < 1.29 is 16.8 Å². The topological polar surface area (TPSA) is 226 Å². The lowest BCUT2D eigenvalue weighted by atomic mass is 9.98. The van der Waals surface area contributed by atoms with Crippen molar-refractivity contribution in [3.63, 3.8) is 0 Å². The molecule has 0 fully saturated rings. The van der Waals surface area contributed by atoms with E-state index in [9.17, 15) is 16.8 Å². The standard InChI is InChI=1S/C17H19N9O4S3/c1-8(7-18)24-33(29,30)12-6-5-9(10-3-2-4-11-14(10)21-17(19)31-11)13(15(12)32(20,27)28)16-22-25-26-23-16/h2-6,8,24H,7,18H2,1H3,(H2,19,21)(H2,20,27,28)(H,22,23,25,26)/t8-/m0/s1. The summed E-state index contributed by atoms with van der Waals surface area (Å²) in [4.78, 5) is 3.08. The van der Waals surface area contributed by atoms with Gasteiger partial charge >= 0.3 is 0 Å². The number of tetrazole rings is 1. The van der Waals surface area contributed by atoms with Crippen molar-refractivity contribution in [1.29, 1.82) is 0 Å². The van der Waals surface area contributed by atoms with E-state index < -0.39 is 35.9 Å². The zero-order chi connectivity index (χ0) is 24.0. The highest BCUT2D eigenvalue weighted by molar-refractivity contribution is 7.92. The highest BCUT2D eigenvalue weighted by atomic mass is 32.2.